The molecule has 4 aliphatic rings. The summed E-state index contributed by atoms with van der Waals surface area (Å²) in [5.41, 5.74) is 0.521. The van der Waals surface area contributed by atoms with E-state index in [0.717, 1.165) is 24.4 Å². The van der Waals surface area contributed by atoms with Crippen LogP contribution in [0.25, 0.3) is 0 Å². The Morgan fingerprint density at radius 2 is 1.62 bits per heavy atom. The van der Waals surface area contributed by atoms with Crippen LogP contribution in [0.3, 0.4) is 0 Å². The number of hydrogen-bond acceptors (Lipinski definition) is 3. The van der Waals surface area contributed by atoms with E-state index in [0.29, 0.717) is 18.6 Å². The van der Waals surface area contributed by atoms with Gasteiger partial charge in [-0.05, 0) is 82.5 Å². The van der Waals surface area contributed by atoms with Crippen molar-refractivity contribution in [1.82, 2.24) is 5.32 Å². The van der Waals surface area contributed by atoms with E-state index in [1.165, 1.54) is 38.5 Å². The lowest BCUT2D eigenvalue weighted by Gasteiger charge is -2.56. The fourth-order valence-corrected chi connectivity index (χ4v) is 5.36. The van der Waals surface area contributed by atoms with Gasteiger partial charge in [-0.2, -0.15) is 0 Å². The Morgan fingerprint density at radius 1 is 1.10 bits per heavy atom. The summed E-state index contributed by atoms with van der Waals surface area (Å²) in [6, 6.07) is 0. The van der Waals surface area contributed by atoms with Crippen molar-refractivity contribution in [3.63, 3.8) is 0 Å². The molecule has 0 unspecified atom stereocenters. The molecule has 0 saturated heterocycles. The fraction of sp³-hybridized carbons (Fsp3) is 1.00. The van der Waals surface area contributed by atoms with E-state index in [1.807, 2.05) is 0 Å². The maximum Gasteiger partial charge on any atom is 0.0897 e. The highest BCUT2D eigenvalue weighted by Crippen LogP contribution is 2.59. The normalized spacial score (nSPS) is 39.7. The molecule has 1 atom stereocenters. The van der Waals surface area contributed by atoms with Gasteiger partial charge in [0.15, 0.2) is 0 Å². The van der Waals surface area contributed by atoms with Crippen LogP contribution in [0.5, 0.6) is 0 Å². The van der Waals surface area contributed by atoms with Gasteiger partial charge in [0.25, 0.3) is 0 Å². The molecule has 0 aromatic rings. The number of aliphatic hydroxyl groups excluding tert-OH is 1. The fourth-order valence-electron chi connectivity index (χ4n) is 5.36. The highest BCUT2D eigenvalue weighted by atomic mass is 16.5. The van der Waals surface area contributed by atoms with Crippen LogP contribution in [-0.4, -0.2) is 36.5 Å². The standard InChI is InChI=1S/C18H33NO2/c1-17(2,3)19-10-16(20)11-21-12-18-7-13-4-14(8-18)6-15(5-13)9-18/h13-16,19-20H,4-12H2,1-3H3/t13?,14?,15?,16-,18?/m1/s1. The van der Waals surface area contributed by atoms with Gasteiger partial charge in [0.05, 0.1) is 19.3 Å². The van der Waals surface area contributed by atoms with Gasteiger partial charge in [-0.3, -0.25) is 0 Å². The molecule has 4 bridgehead atoms. The second-order valence-electron chi connectivity index (χ2n) is 9.22. The van der Waals surface area contributed by atoms with E-state index in [4.69, 9.17) is 4.74 Å². The summed E-state index contributed by atoms with van der Waals surface area (Å²) < 4.78 is 5.96. The highest BCUT2D eigenvalue weighted by Gasteiger charge is 2.50. The van der Waals surface area contributed by atoms with Crippen LogP contribution < -0.4 is 5.32 Å². The summed E-state index contributed by atoms with van der Waals surface area (Å²) in [4.78, 5) is 0. The van der Waals surface area contributed by atoms with Crippen molar-refractivity contribution in [2.45, 2.75) is 70.9 Å². The molecule has 0 radical (unpaired) electrons. The molecule has 4 aliphatic carbocycles. The third kappa shape index (κ3) is 4.00. The van der Waals surface area contributed by atoms with E-state index in [-0.39, 0.29) is 5.54 Å². The number of β-amino-alcohol motifs (C(OH)–C–C–N with tert-alkyl or cyclic N) is 1. The van der Waals surface area contributed by atoms with Crippen molar-refractivity contribution in [2.75, 3.05) is 19.8 Å². The summed E-state index contributed by atoms with van der Waals surface area (Å²) in [5, 5.41) is 13.4. The molecule has 4 fully saturated rings. The topological polar surface area (TPSA) is 41.5 Å². The smallest absolute Gasteiger partial charge is 0.0897 e. The SMILES string of the molecule is CC(C)(C)NC[C@@H](O)COCC12CC3CC(CC(C3)C1)C2. The predicted octanol–water partition coefficient (Wildman–Crippen LogP) is 2.97. The molecule has 0 aliphatic heterocycles. The van der Waals surface area contributed by atoms with Gasteiger partial charge in [0, 0.05) is 12.1 Å². The largest absolute Gasteiger partial charge is 0.389 e. The molecule has 2 N–H and O–H groups in total. The second-order valence-corrected chi connectivity index (χ2v) is 9.22. The first kappa shape index (κ1) is 15.8. The minimum Gasteiger partial charge on any atom is -0.389 e. The number of hydrogen-bond donors (Lipinski definition) is 2. The van der Waals surface area contributed by atoms with Gasteiger partial charge < -0.3 is 15.2 Å². The predicted molar refractivity (Wildman–Crippen MR) is 85.2 cm³/mol. The third-order valence-corrected chi connectivity index (χ3v) is 5.75. The van der Waals surface area contributed by atoms with Crippen molar-refractivity contribution in [1.29, 1.82) is 0 Å². The zero-order valence-corrected chi connectivity index (χ0v) is 14.0. The van der Waals surface area contributed by atoms with Gasteiger partial charge in [0.1, 0.15) is 0 Å². The van der Waals surface area contributed by atoms with Crippen molar-refractivity contribution < 1.29 is 9.84 Å². The summed E-state index contributed by atoms with van der Waals surface area (Å²) in [6.07, 6.45) is 8.21. The number of aliphatic hydroxyl groups is 1. The Bertz CT molecular complexity index is 325. The highest BCUT2D eigenvalue weighted by molar-refractivity contribution is 5.01. The van der Waals surface area contributed by atoms with Gasteiger partial charge in [0.2, 0.25) is 0 Å². The Morgan fingerprint density at radius 3 is 2.10 bits per heavy atom. The lowest BCUT2D eigenvalue weighted by atomic mass is 9.50. The zero-order valence-electron chi connectivity index (χ0n) is 14.0. The molecule has 0 aromatic heterocycles. The van der Waals surface area contributed by atoms with Gasteiger partial charge in [-0.15, -0.1) is 0 Å². The maximum absolute atomic E-state index is 10.0. The number of ether oxygens (including phenoxy) is 1. The summed E-state index contributed by atoms with van der Waals surface area (Å²) in [7, 11) is 0. The van der Waals surface area contributed by atoms with Crippen molar-refractivity contribution >= 4 is 0 Å². The van der Waals surface area contributed by atoms with E-state index in [1.54, 1.807) is 0 Å². The monoisotopic (exact) mass is 295 g/mol. The molecular weight excluding hydrogens is 262 g/mol. The summed E-state index contributed by atoms with van der Waals surface area (Å²) in [5.74, 6) is 2.94. The van der Waals surface area contributed by atoms with E-state index in [9.17, 15) is 5.11 Å². The first-order valence-corrected chi connectivity index (χ1v) is 8.84. The van der Waals surface area contributed by atoms with E-state index >= 15 is 0 Å². The molecule has 3 nitrogen and oxygen atoms in total. The van der Waals surface area contributed by atoms with Crippen LogP contribution in [0.2, 0.25) is 0 Å². The average molecular weight is 295 g/mol. The third-order valence-electron chi connectivity index (χ3n) is 5.75. The lowest BCUT2D eigenvalue weighted by Crippen LogP contribution is -2.48. The summed E-state index contributed by atoms with van der Waals surface area (Å²) >= 11 is 0. The number of rotatable bonds is 6. The quantitative estimate of drug-likeness (QED) is 0.791. The molecular formula is C18H33NO2. The average Bonchev–Trinajstić information content (AvgIpc) is 2.33. The van der Waals surface area contributed by atoms with Gasteiger partial charge in [-0.1, -0.05) is 0 Å². The van der Waals surface area contributed by atoms with Crippen molar-refractivity contribution in [3.8, 4) is 0 Å². The molecule has 0 spiro atoms. The van der Waals surface area contributed by atoms with E-state index < -0.39 is 6.10 Å². The van der Waals surface area contributed by atoms with Crippen LogP contribution in [0.15, 0.2) is 0 Å². The minimum absolute atomic E-state index is 0.0565. The molecule has 0 heterocycles. The molecule has 21 heavy (non-hydrogen) atoms. The molecule has 122 valence electrons. The van der Waals surface area contributed by atoms with E-state index in [2.05, 4.69) is 26.1 Å². The molecule has 0 aromatic carbocycles. The maximum atomic E-state index is 10.0. The second kappa shape index (κ2) is 5.82. The van der Waals surface area contributed by atoms with Crippen LogP contribution in [0.4, 0.5) is 0 Å². The van der Waals surface area contributed by atoms with Crippen molar-refractivity contribution in [2.24, 2.45) is 23.2 Å². The first-order valence-electron chi connectivity index (χ1n) is 8.84. The van der Waals surface area contributed by atoms with Crippen molar-refractivity contribution in [3.05, 3.63) is 0 Å². The molecule has 3 heteroatoms. The Kier molecular flexibility index (Phi) is 4.37. The van der Waals surface area contributed by atoms with Crippen LogP contribution >= 0.6 is 0 Å². The van der Waals surface area contributed by atoms with Crippen LogP contribution in [0, 0.1) is 23.2 Å². The van der Waals surface area contributed by atoms with Gasteiger partial charge >= 0.3 is 0 Å². The first-order chi connectivity index (χ1) is 9.84. The van der Waals surface area contributed by atoms with Gasteiger partial charge in [-0.25, -0.2) is 0 Å². The zero-order chi connectivity index (χ0) is 15.1. The lowest BCUT2D eigenvalue weighted by molar-refractivity contribution is -0.105. The number of nitrogens with one attached hydrogen (secondary N) is 1. The molecule has 0 amide bonds. The van der Waals surface area contributed by atoms with Crippen LogP contribution in [-0.2, 0) is 4.74 Å². The molecule has 4 saturated carbocycles. The minimum atomic E-state index is -0.391. The van der Waals surface area contributed by atoms with Crippen LogP contribution in [0.1, 0.15) is 59.3 Å². The Labute approximate surface area is 129 Å². The molecule has 4 rings (SSSR count). The summed E-state index contributed by atoms with van der Waals surface area (Å²) in [6.45, 7) is 8.33. The Balaban J connectivity index is 1.41. The Hall–Kier alpha value is -0.120.